The van der Waals surface area contributed by atoms with Crippen LogP contribution in [0.2, 0.25) is 0 Å². The zero-order valence-corrected chi connectivity index (χ0v) is 15.1. The first-order valence-electron chi connectivity index (χ1n) is 8.87. The molecule has 0 radical (unpaired) electrons. The van der Waals surface area contributed by atoms with Gasteiger partial charge in [0.05, 0.1) is 17.2 Å². The van der Waals surface area contributed by atoms with Crippen LogP contribution in [0.25, 0.3) is 22.2 Å². The summed E-state index contributed by atoms with van der Waals surface area (Å²) in [6.45, 7) is 5.17. The molecule has 0 atom stereocenters. The summed E-state index contributed by atoms with van der Waals surface area (Å²) in [4.78, 5) is 12.9. The van der Waals surface area contributed by atoms with Gasteiger partial charge in [-0.1, -0.05) is 48.5 Å². The van der Waals surface area contributed by atoms with E-state index >= 15 is 0 Å². The highest BCUT2D eigenvalue weighted by Crippen LogP contribution is 2.26. The number of ether oxygens (including phenoxy) is 1. The summed E-state index contributed by atoms with van der Waals surface area (Å²) >= 11 is 0. The van der Waals surface area contributed by atoms with Crippen LogP contribution in [0.4, 0.5) is 0 Å². The Labute approximate surface area is 153 Å². The van der Waals surface area contributed by atoms with Crippen molar-refractivity contribution in [1.29, 1.82) is 0 Å². The fourth-order valence-corrected chi connectivity index (χ4v) is 2.76. The van der Waals surface area contributed by atoms with E-state index in [0.29, 0.717) is 29.9 Å². The maximum Gasteiger partial charge on any atom is 0.254 e. The van der Waals surface area contributed by atoms with Gasteiger partial charge in [-0.05, 0) is 26.3 Å². The normalized spacial score (nSPS) is 11.0. The van der Waals surface area contributed by atoms with Gasteiger partial charge in [0.15, 0.2) is 0 Å². The fraction of sp³-hybridized carbons (Fsp3) is 0.286. The van der Waals surface area contributed by atoms with Gasteiger partial charge in [-0.2, -0.15) is 0 Å². The van der Waals surface area contributed by atoms with Crippen LogP contribution in [0.15, 0.2) is 54.6 Å². The molecule has 0 fully saturated rings. The third kappa shape index (κ3) is 4.24. The second-order valence-corrected chi connectivity index (χ2v) is 6.34. The molecule has 0 unspecified atom stereocenters. The van der Waals surface area contributed by atoms with Crippen LogP contribution in [0.3, 0.4) is 0 Å². The minimum atomic E-state index is -0.139. The molecule has 0 spiro atoms. The van der Waals surface area contributed by atoms with E-state index in [4.69, 9.17) is 4.74 Å². The number of carbonyl (C=O) groups excluding carboxylic acids is 1. The molecular formula is C21H23N3O2. The molecule has 26 heavy (non-hydrogen) atoms. The minimum Gasteiger partial charge on any atom is -0.379 e. The van der Waals surface area contributed by atoms with E-state index in [-0.39, 0.29) is 12.0 Å². The van der Waals surface area contributed by atoms with Gasteiger partial charge >= 0.3 is 0 Å². The van der Waals surface area contributed by atoms with Crippen molar-refractivity contribution < 1.29 is 9.53 Å². The molecular weight excluding hydrogens is 326 g/mol. The van der Waals surface area contributed by atoms with E-state index in [1.165, 1.54) is 0 Å². The summed E-state index contributed by atoms with van der Waals surface area (Å²) in [6.07, 6.45) is 0.963. The molecule has 1 N–H and O–H groups in total. The molecule has 2 aromatic carbocycles. The summed E-state index contributed by atoms with van der Waals surface area (Å²) < 4.78 is 5.52. The monoisotopic (exact) mass is 349 g/mol. The lowest BCUT2D eigenvalue weighted by Gasteiger charge is -2.12. The first kappa shape index (κ1) is 18.0. The molecule has 1 heterocycles. The van der Waals surface area contributed by atoms with Crippen molar-refractivity contribution in [3.8, 4) is 11.3 Å². The number of amides is 1. The quantitative estimate of drug-likeness (QED) is 0.658. The third-order valence-corrected chi connectivity index (χ3v) is 4.00. The van der Waals surface area contributed by atoms with Crippen LogP contribution in [-0.2, 0) is 4.74 Å². The van der Waals surface area contributed by atoms with Crippen molar-refractivity contribution in [2.24, 2.45) is 0 Å². The fourth-order valence-electron chi connectivity index (χ4n) is 2.76. The third-order valence-electron chi connectivity index (χ3n) is 4.00. The van der Waals surface area contributed by atoms with Crippen molar-refractivity contribution in [1.82, 2.24) is 15.5 Å². The first-order chi connectivity index (χ1) is 12.7. The first-order valence-corrected chi connectivity index (χ1v) is 8.87. The Bertz CT molecular complexity index is 879. The van der Waals surface area contributed by atoms with Crippen molar-refractivity contribution in [3.63, 3.8) is 0 Å². The van der Waals surface area contributed by atoms with Crippen LogP contribution in [-0.4, -0.2) is 35.4 Å². The Morgan fingerprint density at radius 3 is 2.54 bits per heavy atom. The lowest BCUT2D eigenvalue weighted by molar-refractivity contribution is 0.0757. The Morgan fingerprint density at radius 2 is 1.77 bits per heavy atom. The number of carbonyl (C=O) groups is 1. The minimum absolute atomic E-state index is 0.139. The van der Waals surface area contributed by atoms with Crippen molar-refractivity contribution in [3.05, 3.63) is 60.2 Å². The van der Waals surface area contributed by atoms with Crippen molar-refractivity contribution in [2.45, 2.75) is 26.4 Å². The predicted octanol–water partition coefficient (Wildman–Crippen LogP) is 3.84. The van der Waals surface area contributed by atoms with E-state index in [0.717, 1.165) is 17.4 Å². The zero-order chi connectivity index (χ0) is 18.4. The second kappa shape index (κ2) is 8.54. The maximum atomic E-state index is 12.9. The van der Waals surface area contributed by atoms with Gasteiger partial charge in [-0.25, -0.2) is 0 Å². The van der Waals surface area contributed by atoms with Gasteiger partial charge < -0.3 is 10.1 Å². The molecule has 0 saturated carbocycles. The molecule has 1 aromatic heterocycles. The number of hydrogen-bond acceptors (Lipinski definition) is 4. The van der Waals surface area contributed by atoms with Crippen LogP contribution >= 0.6 is 0 Å². The number of rotatable bonds is 7. The van der Waals surface area contributed by atoms with Crippen LogP contribution in [0, 0.1) is 0 Å². The highest BCUT2D eigenvalue weighted by molar-refractivity contribution is 6.10. The average Bonchev–Trinajstić information content (AvgIpc) is 2.67. The van der Waals surface area contributed by atoms with Crippen LogP contribution in [0.5, 0.6) is 0 Å². The molecule has 0 saturated heterocycles. The molecule has 1 amide bonds. The maximum absolute atomic E-state index is 12.9. The van der Waals surface area contributed by atoms with Crippen LogP contribution < -0.4 is 5.32 Å². The summed E-state index contributed by atoms with van der Waals surface area (Å²) in [5, 5.41) is 12.4. The summed E-state index contributed by atoms with van der Waals surface area (Å²) in [6, 6.07) is 17.2. The highest BCUT2D eigenvalue weighted by Gasteiger charge is 2.18. The summed E-state index contributed by atoms with van der Waals surface area (Å²) in [7, 11) is 0. The van der Waals surface area contributed by atoms with Crippen molar-refractivity contribution >= 4 is 16.8 Å². The van der Waals surface area contributed by atoms with Gasteiger partial charge in [-0.3, -0.25) is 4.79 Å². The smallest absolute Gasteiger partial charge is 0.254 e. The molecule has 0 aliphatic carbocycles. The lowest BCUT2D eigenvalue weighted by Crippen LogP contribution is -2.26. The van der Waals surface area contributed by atoms with Gasteiger partial charge in [0.25, 0.3) is 5.91 Å². The van der Waals surface area contributed by atoms with E-state index in [9.17, 15) is 4.79 Å². The number of fused-ring (bicyclic) bond motifs is 1. The van der Waals surface area contributed by atoms with Gasteiger partial charge in [-0.15, -0.1) is 10.2 Å². The Kier molecular flexibility index (Phi) is 5.92. The van der Waals surface area contributed by atoms with E-state index in [2.05, 4.69) is 15.5 Å². The van der Waals surface area contributed by atoms with E-state index in [1.54, 1.807) is 0 Å². The number of nitrogens with zero attached hydrogens (tertiary/aromatic N) is 2. The van der Waals surface area contributed by atoms with Gasteiger partial charge in [0.1, 0.15) is 5.69 Å². The Balaban J connectivity index is 1.88. The SMILES string of the molecule is CC(C)OCCCNC(=O)c1c(-c2ccccc2)nnc2ccccc12. The molecule has 3 aromatic rings. The molecule has 0 aliphatic heterocycles. The van der Waals surface area contributed by atoms with Crippen molar-refractivity contribution in [2.75, 3.05) is 13.2 Å². The molecule has 0 bridgehead atoms. The summed E-state index contributed by atoms with van der Waals surface area (Å²) in [5.74, 6) is -0.139. The Morgan fingerprint density at radius 1 is 1.04 bits per heavy atom. The van der Waals surface area contributed by atoms with E-state index in [1.807, 2.05) is 68.4 Å². The van der Waals surface area contributed by atoms with Gasteiger partial charge in [0.2, 0.25) is 0 Å². The van der Waals surface area contributed by atoms with E-state index < -0.39 is 0 Å². The number of aromatic nitrogens is 2. The number of benzene rings is 2. The standard InChI is InChI=1S/C21H23N3O2/c1-15(2)26-14-8-13-22-21(25)19-17-11-6-7-12-18(17)23-24-20(19)16-9-4-3-5-10-16/h3-7,9-12,15H,8,13-14H2,1-2H3,(H,22,25). The molecule has 0 aliphatic rings. The Hall–Kier alpha value is -2.79. The van der Waals surface area contributed by atoms with Gasteiger partial charge in [0, 0.05) is 24.1 Å². The average molecular weight is 349 g/mol. The number of hydrogen-bond donors (Lipinski definition) is 1. The summed E-state index contributed by atoms with van der Waals surface area (Å²) in [5.41, 5.74) is 2.74. The largest absolute Gasteiger partial charge is 0.379 e. The lowest BCUT2D eigenvalue weighted by atomic mass is 10.0. The topological polar surface area (TPSA) is 64.1 Å². The second-order valence-electron chi connectivity index (χ2n) is 6.34. The predicted molar refractivity (Wildman–Crippen MR) is 103 cm³/mol. The zero-order valence-electron chi connectivity index (χ0n) is 15.1. The number of nitrogens with one attached hydrogen (secondary N) is 1. The molecule has 134 valence electrons. The molecule has 5 heteroatoms. The van der Waals surface area contributed by atoms with Crippen LogP contribution in [0.1, 0.15) is 30.6 Å². The highest BCUT2D eigenvalue weighted by atomic mass is 16.5. The molecule has 5 nitrogen and oxygen atoms in total. The molecule has 3 rings (SSSR count).